The minimum atomic E-state index is -0.188. The van der Waals surface area contributed by atoms with E-state index in [9.17, 15) is 4.79 Å². The van der Waals surface area contributed by atoms with Crippen molar-refractivity contribution in [3.63, 3.8) is 0 Å². The maximum atomic E-state index is 11.1. The van der Waals surface area contributed by atoms with Crippen molar-refractivity contribution in [3.8, 4) is 0 Å². The summed E-state index contributed by atoms with van der Waals surface area (Å²) < 4.78 is 16.9. The van der Waals surface area contributed by atoms with Crippen LogP contribution in [0.25, 0.3) is 0 Å². The van der Waals surface area contributed by atoms with Gasteiger partial charge in [0.1, 0.15) is 24.4 Å². The Labute approximate surface area is 98.5 Å². The van der Waals surface area contributed by atoms with E-state index in [0.717, 1.165) is 5.56 Å². The van der Waals surface area contributed by atoms with Crippen molar-refractivity contribution in [3.05, 3.63) is 35.9 Å². The Kier molecular flexibility index (Phi) is 1.87. The molecule has 0 unspecified atom stereocenters. The molecule has 0 radical (unpaired) electrons. The van der Waals surface area contributed by atoms with E-state index in [0.29, 0.717) is 6.42 Å². The number of rotatable bonds is 1. The maximum absolute atomic E-state index is 11.1. The average Bonchev–Trinajstić information content (AvgIpc) is 2.77. The monoisotopic (exact) mass is 232 g/mol. The highest BCUT2D eigenvalue weighted by Crippen LogP contribution is 2.48. The Hall–Kier alpha value is -1.39. The number of fused-ring (bicyclic) bond motifs is 3. The summed E-state index contributed by atoms with van der Waals surface area (Å²) in [5.41, 5.74) is 1.13. The van der Waals surface area contributed by atoms with Crippen LogP contribution in [0.5, 0.6) is 0 Å². The normalized spacial score (nSPS) is 42.6. The van der Waals surface area contributed by atoms with Crippen molar-refractivity contribution in [1.29, 1.82) is 0 Å². The average molecular weight is 232 g/mol. The molecule has 3 aliphatic rings. The third-order valence-corrected chi connectivity index (χ3v) is 3.71. The second-order valence-corrected chi connectivity index (χ2v) is 4.73. The summed E-state index contributed by atoms with van der Waals surface area (Å²) in [6, 6.07) is 10.0. The summed E-state index contributed by atoms with van der Waals surface area (Å²) in [7, 11) is 0. The Balaban J connectivity index is 1.55. The molecule has 0 spiro atoms. The molecule has 0 aliphatic carbocycles. The molecule has 4 rings (SSSR count). The number of carbonyl (C=O) groups is 1. The molecule has 1 aromatic rings. The van der Waals surface area contributed by atoms with Gasteiger partial charge in [-0.15, -0.1) is 0 Å². The van der Waals surface area contributed by atoms with Gasteiger partial charge in [0.05, 0.1) is 6.42 Å². The van der Waals surface area contributed by atoms with Gasteiger partial charge in [0.15, 0.2) is 6.10 Å². The molecule has 0 bridgehead atoms. The molecule has 3 aliphatic heterocycles. The van der Waals surface area contributed by atoms with Gasteiger partial charge in [0.2, 0.25) is 0 Å². The minimum absolute atomic E-state index is 0.00879. The van der Waals surface area contributed by atoms with E-state index in [1.165, 1.54) is 0 Å². The van der Waals surface area contributed by atoms with Crippen LogP contribution < -0.4 is 0 Å². The fourth-order valence-corrected chi connectivity index (χ4v) is 2.89. The first kappa shape index (κ1) is 9.62. The van der Waals surface area contributed by atoms with Gasteiger partial charge in [0, 0.05) is 0 Å². The fraction of sp³-hybridized carbons (Fsp3) is 0.462. The molecule has 3 heterocycles. The number of ether oxygens (including phenoxy) is 3. The Bertz CT molecular complexity index is 458. The molecule has 0 N–H and O–H groups in total. The number of benzene rings is 1. The predicted octanol–water partition coefficient (Wildman–Crippen LogP) is 1.21. The number of esters is 1. The lowest BCUT2D eigenvalue weighted by Crippen LogP contribution is -2.49. The van der Waals surface area contributed by atoms with Gasteiger partial charge in [0.25, 0.3) is 0 Å². The van der Waals surface area contributed by atoms with E-state index in [1.54, 1.807) is 0 Å². The molecule has 3 fully saturated rings. The summed E-state index contributed by atoms with van der Waals surface area (Å²) in [6.07, 6.45) is 0.0315. The van der Waals surface area contributed by atoms with Crippen molar-refractivity contribution >= 4 is 5.97 Å². The van der Waals surface area contributed by atoms with Crippen LogP contribution in [0.15, 0.2) is 30.3 Å². The van der Waals surface area contributed by atoms with E-state index in [1.807, 2.05) is 30.3 Å². The van der Waals surface area contributed by atoms with E-state index in [-0.39, 0.29) is 36.5 Å². The molecule has 4 nitrogen and oxygen atoms in total. The summed E-state index contributed by atoms with van der Waals surface area (Å²) in [6.45, 7) is 0. The lowest BCUT2D eigenvalue weighted by atomic mass is 9.92. The summed E-state index contributed by atoms with van der Waals surface area (Å²) >= 11 is 0. The topological polar surface area (TPSA) is 44.8 Å². The molecule has 5 atom stereocenters. The standard InChI is InChI=1S/C13H12O4/c14-9-6-8-11(16-9)13-12(15-8)10(17-13)7-4-2-1-3-5-7/h1-5,8,10-13H,6H2/t8-,10-,11+,12-,13-/m1/s1. The Morgan fingerprint density at radius 2 is 1.82 bits per heavy atom. The van der Waals surface area contributed by atoms with Crippen LogP contribution in [0.3, 0.4) is 0 Å². The largest absolute Gasteiger partial charge is 0.457 e. The molecule has 17 heavy (non-hydrogen) atoms. The van der Waals surface area contributed by atoms with Gasteiger partial charge in [-0.3, -0.25) is 4.79 Å². The van der Waals surface area contributed by atoms with Gasteiger partial charge < -0.3 is 14.2 Å². The van der Waals surface area contributed by atoms with Crippen LogP contribution in [0.1, 0.15) is 18.1 Å². The van der Waals surface area contributed by atoms with E-state index in [2.05, 4.69) is 0 Å². The minimum Gasteiger partial charge on any atom is -0.457 e. The molecule has 88 valence electrons. The molecule has 1 aromatic carbocycles. The summed E-state index contributed by atoms with van der Waals surface area (Å²) in [5, 5.41) is 0. The Morgan fingerprint density at radius 3 is 2.65 bits per heavy atom. The third kappa shape index (κ3) is 1.28. The number of carbonyl (C=O) groups excluding carboxylic acids is 1. The molecule has 0 aromatic heterocycles. The number of hydrogen-bond donors (Lipinski definition) is 0. The SMILES string of the molecule is O=C1C[C@H]2O[C@H]3[C@H](O[C@@H]3c3ccccc3)[C@H]2O1. The molecule has 3 saturated heterocycles. The highest BCUT2D eigenvalue weighted by atomic mass is 16.7. The van der Waals surface area contributed by atoms with E-state index >= 15 is 0 Å². The third-order valence-electron chi connectivity index (χ3n) is 3.71. The van der Waals surface area contributed by atoms with Crippen LogP contribution in [-0.2, 0) is 19.0 Å². The zero-order chi connectivity index (χ0) is 11.4. The highest BCUT2D eigenvalue weighted by molar-refractivity contribution is 5.73. The smallest absolute Gasteiger partial charge is 0.309 e. The van der Waals surface area contributed by atoms with Gasteiger partial charge in [-0.1, -0.05) is 30.3 Å². The molecular formula is C13H12O4. The van der Waals surface area contributed by atoms with Crippen LogP contribution >= 0.6 is 0 Å². The van der Waals surface area contributed by atoms with E-state index < -0.39 is 0 Å². The lowest BCUT2D eigenvalue weighted by Gasteiger charge is -2.40. The van der Waals surface area contributed by atoms with Crippen LogP contribution in [-0.4, -0.2) is 30.4 Å². The maximum Gasteiger partial charge on any atom is 0.309 e. The lowest BCUT2D eigenvalue weighted by molar-refractivity contribution is -0.224. The first-order valence-electron chi connectivity index (χ1n) is 5.88. The van der Waals surface area contributed by atoms with Crippen molar-refractivity contribution in [2.75, 3.05) is 0 Å². The van der Waals surface area contributed by atoms with Gasteiger partial charge in [-0.25, -0.2) is 0 Å². The van der Waals surface area contributed by atoms with Crippen molar-refractivity contribution in [2.45, 2.75) is 36.9 Å². The number of hydrogen-bond acceptors (Lipinski definition) is 4. The first-order valence-corrected chi connectivity index (χ1v) is 5.88. The van der Waals surface area contributed by atoms with E-state index in [4.69, 9.17) is 14.2 Å². The van der Waals surface area contributed by atoms with Crippen molar-refractivity contribution < 1.29 is 19.0 Å². The Morgan fingerprint density at radius 1 is 1.00 bits per heavy atom. The van der Waals surface area contributed by atoms with Crippen LogP contribution in [0, 0.1) is 0 Å². The molecule has 0 amide bonds. The molecule has 4 heteroatoms. The predicted molar refractivity (Wildman–Crippen MR) is 57.2 cm³/mol. The quantitative estimate of drug-likeness (QED) is 0.683. The van der Waals surface area contributed by atoms with Gasteiger partial charge >= 0.3 is 5.97 Å². The zero-order valence-corrected chi connectivity index (χ0v) is 9.11. The summed E-state index contributed by atoms with van der Waals surface area (Å²) in [5.74, 6) is -0.176. The fourth-order valence-electron chi connectivity index (χ4n) is 2.89. The van der Waals surface area contributed by atoms with Crippen molar-refractivity contribution in [1.82, 2.24) is 0 Å². The molecular weight excluding hydrogens is 220 g/mol. The molecule has 0 saturated carbocycles. The summed E-state index contributed by atoms with van der Waals surface area (Å²) in [4.78, 5) is 11.1. The van der Waals surface area contributed by atoms with Crippen molar-refractivity contribution in [2.24, 2.45) is 0 Å². The zero-order valence-electron chi connectivity index (χ0n) is 9.11. The van der Waals surface area contributed by atoms with Gasteiger partial charge in [-0.05, 0) is 5.56 Å². The first-order chi connectivity index (χ1) is 8.33. The van der Waals surface area contributed by atoms with Crippen LogP contribution in [0.2, 0.25) is 0 Å². The second kappa shape index (κ2) is 3.31. The van der Waals surface area contributed by atoms with Crippen LogP contribution in [0.4, 0.5) is 0 Å². The second-order valence-electron chi connectivity index (χ2n) is 4.73. The highest BCUT2D eigenvalue weighted by Gasteiger charge is 2.61. The van der Waals surface area contributed by atoms with Gasteiger partial charge in [-0.2, -0.15) is 0 Å².